The van der Waals surface area contributed by atoms with E-state index >= 15 is 0 Å². The zero-order valence-electron chi connectivity index (χ0n) is 12.5. The number of hydrogen-bond acceptors (Lipinski definition) is 3. The quantitative estimate of drug-likeness (QED) is 0.758. The number of urea groups is 1. The van der Waals surface area contributed by atoms with Crippen LogP contribution in [0.3, 0.4) is 0 Å². The molecule has 0 aromatic rings. The molecule has 0 saturated carbocycles. The van der Waals surface area contributed by atoms with Crippen LogP contribution < -0.4 is 11.1 Å². The van der Waals surface area contributed by atoms with Crippen LogP contribution in [0.2, 0.25) is 0 Å². The molecule has 0 radical (unpaired) electrons. The second-order valence-corrected chi connectivity index (χ2v) is 6.31. The first-order valence-corrected chi connectivity index (χ1v) is 7.53. The predicted octanol–water partition coefficient (Wildman–Crippen LogP) is 0.234. The van der Waals surface area contributed by atoms with E-state index < -0.39 is 0 Å². The van der Waals surface area contributed by atoms with Crippen LogP contribution in [0.25, 0.3) is 0 Å². The zero-order chi connectivity index (χ0) is 14.7. The van der Waals surface area contributed by atoms with Gasteiger partial charge in [0.2, 0.25) is 5.91 Å². The lowest BCUT2D eigenvalue weighted by Crippen LogP contribution is -2.54. The van der Waals surface area contributed by atoms with Crippen LogP contribution in [0.5, 0.6) is 0 Å². The van der Waals surface area contributed by atoms with Crippen molar-refractivity contribution in [2.45, 2.75) is 32.7 Å². The molecule has 3 N–H and O–H groups in total. The predicted molar refractivity (Wildman–Crippen MR) is 77.1 cm³/mol. The normalized spacial score (nSPS) is 23.8. The third-order valence-corrected chi connectivity index (χ3v) is 4.19. The maximum atomic E-state index is 12.4. The number of carbonyl (C=O) groups excluding carboxylic acids is 2. The SMILES string of the molecule is CC(C)C[C@H](CN)CC(=O)N1CCN2C(=O)NCC2C1. The molecule has 6 nitrogen and oxygen atoms in total. The number of nitrogens with one attached hydrogen (secondary N) is 1. The molecule has 2 saturated heterocycles. The minimum Gasteiger partial charge on any atom is -0.339 e. The second-order valence-electron chi connectivity index (χ2n) is 6.31. The molecule has 2 aliphatic rings. The number of fused-ring (bicyclic) bond motifs is 1. The van der Waals surface area contributed by atoms with Gasteiger partial charge < -0.3 is 20.9 Å². The molecule has 2 heterocycles. The standard InChI is InChI=1S/C14H26N4O2/c1-10(2)5-11(7-15)6-13(19)17-3-4-18-12(9-17)8-16-14(18)20/h10-12H,3-9,15H2,1-2H3,(H,16,20)/t11-,12?/m0/s1. The Balaban J connectivity index is 1.85. The first-order chi connectivity index (χ1) is 9.51. The molecule has 1 unspecified atom stereocenters. The van der Waals surface area contributed by atoms with E-state index in [1.807, 2.05) is 9.80 Å². The fourth-order valence-corrected chi connectivity index (χ4v) is 3.14. The lowest BCUT2D eigenvalue weighted by molar-refractivity contribution is -0.134. The molecule has 20 heavy (non-hydrogen) atoms. The third kappa shape index (κ3) is 3.42. The Morgan fingerprint density at radius 1 is 1.45 bits per heavy atom. The van der Waals surface area contributed by atoms with E-state index in [4.69, 9.17) is 5.73 Å². The average Bonchev–Trinajstić information content (AvgIpc) is 2.78. The van der Waals surface area contributed by atoms with Gasteiger partial charge in [0.25, 0.3) is 0 Å². The van der Waals surface area contributed by atoms with Crippen LogP contribution in [0.15, 0.2) is 0 Å². The second kappa shape index (κ2) is 6.43. The minimum absolute atomic E-state index is 0.00161. The third-order valence-electron chi connectivity index (χ3n) is 4.19. The molecule has 2 fully saturated rings. The summed E-state index contributed by atoms with van der Waals surface area (Å²) in [6.07, 6.45) is 1.52. The summed E-state index contributed by atoms with van der Waals surface area (Å²) in [6, 6.07) is 0.142. The summed E-state index contributed by atoms with van der Waals surface area (Å²) in [5.41, 5.74) is 5.77. The van der Waals surface area contributed by atoms with Gasteiger partial charge in [-0.2, -0.15) is 0 Å². The van der Waals surface area contributed by atoms with Crippen LogP contribution in [0.1, 0.15) is 26.7 Å². The molecule has 114 valence electrons. The Morgan fingerprint density at radius 3 is 2.85 bits per heavy atom. The average molecular weight is 282 g/mol. The van der Waals surface area contributed by atoms with Gasteiger partial charge in [-0.3, -0.25) is 4.79 Å². The van der Waals surface area contributed by atoms with E-state index in [1.165, 1.54) is 0 Å². The van der Waals surface area contributed by atoms with Crippen molar-refractivity contribution in [1.82, 2.24) is 15.1 Å². The molecule has 2 rings (SSSR count). The fraction of sp³-hybridized carbons (Fsp3) is 0.857. The molecule has 2 atom stereocenters. The van der Waals surface area contributed by atoms with Crippen molar-refractivity contribution < 1.29 is 9.59 Å². The summed E-state index contributed by atoms with van der Waals surface area (Å²) in [5, 5.41) is 2.83. The van der Waals surface area contributed by atoms with Gasteiger partial charge in [-0.25, -0.2) is 4.79 Å². The lowest BCUT2D eigenvalue weighted by Gasteiger charge is -2.37. The summed E-state index contributed by atoms with van der Waals surface area (Å²) in [7, 11) is 0. The van der Waals surface area contributed by atoms with E-state index in [1.54, 1.807) is 0 Å². The number of amides is 3. The zero-order valence-corrected chi connectivity index (χ0v) is 12.5. The van der Waals surface area contributed by atoms with Crippen LogP contribution >= 0.6 is 0 Å². The first kappa shape index (κ1) is 15.1. The van der Waals surface area contributed by atoms with Crippen molar-refractivity contribution in [3.63, 3.8) is 0 Å². The summed E-state index contributed by atoms with van der Waals surface area (Å²) < 4.78 is 0. The maximum Gasteiger partial charge on any atom is 0.317 e. The monoisotopic (exact) mass is 282 g/mol. The summed E-state index contributed by atoms with van der Waals surface area (Å²) in [5.74, 6) is 1.01. The highest BCUT2D eigenvalue weighted by Gasteiger charge is 2.37. The van der Waals surface area contributed by atoms with E-state index in [-0.39, 0.29) is 23.9 Å². The largest absolute Gasteiger partial charge is 0.339 e. The highest BCUT2D eigenvalue weighted by Crippen LogP contribution is 2.19. The maximum absolute atomic E-state index is 12.4. The molecule has 6 heteroatoms. The number of nitrogens with zero attached hydrogens (tertiary/aromatic N) is 2. The Hall–Kier alpha value is -1.30. The van der Waals surface area contributed by atoms with Gasteiger partial charge in [0.1, 0.15) is 0 Å². The van der Waals surface area contributed by atoms with Crippen molar-refractivity contribution in [3.05, 3.63) is 0 Å². The Kier molecular flexibility index (Phi) is 4.86. The van der Waals surface area contributed by atoms with Crippen molar-refractivity contribution >= 4 is 11.9 Å². The van der Waals surface area contributed by atoms with Crippen molar-refractivity contribution in [2.24, 2.45) is 17.6 Å². The van der Waals surface area contributed by atoms with Crippen LogP contribution in [0.4, 0.5) is 4.79 Å². The van der Waals surface area contributed by atoms with Gasteiger partial charge in [-0.15, -0.1) is 0 Å². The summed E-state index contributed by atoms with van der Waals surface area (Å²) in [4.78, 5) is 27.6. The van der Waals surface area contributed by atoms with Crippen LogP contribution in [-0.2, 0) is 4.79 Å². The molecular weight excluding hydrogens is 256 g/mol. The number of carbonyl (C=O) groups is 2. The topological polar surface area (TPSA) is 78.7 Å². The van der Waals surface area contributed by atoms with Crippen LogP contribution in [0, 0.1) is 11.8 Å². The number of piperazine rings is 1. The Bertz CT molecular complexity index is 372. The molecule has 0 aromatic carbocycles. The van der Waals surface area contributed by atoms with Gasteiger partial charge in [-0.05, 0) is 24.8 Å². The van der Waals surface area contributed by atoms with Crippen molar-refractivity contribution in [2.75, 3.05) is 32.7 Å². The molecule has 0 aliphatic carbocycles. The molecule has 0 aromatic heterocycles. The van der Waals surface area contributed by atoms with Gasteiger partial charge in [0.15, 0.2) is 0 Å². The fourth-order valence-electron chi connectivity index (χ4n) is 3.14. The molecule has 0 bridgehead atoms. The van der Waals surface area contributed by atoms with Crippen LogP contribution in [-0.4, -0.2) is 60.5 Å². The van der Waals surface area contributed by atoms with Gasteiger partial charge in [0, 0.05) is 32.6 Å². The Morgan fingerprint density at radius 2 is 2.20 bits per heavy atom. The lowest BCUT2D eigenvalue weighted by atomic mass is 9.93. The van der Waals surface area contributed by atoms with E-state index in [0.717, 1.165) is 6.42 Å². The highest BCUT2D eigenvalue weighted by molar-refractivity contribution is 5.79. The number of rotatable bonds is 5. The molecule has 3 amide bonds. The van der Waals surface area contributed by atoms with Gasteiger partial charge in [-0.1, -0.05) is 13.8 Å². The minimum atomic E-state index is 0.00161. The van der Waals surface area contributed by atoms with Crippen molar-refractivity contribution in [1.29, 1.82) is 0 Å². The molecular formula is C14H26N4O2. The molecule has 0 spiro atoms. The highest BCUT2D eigenvalue weighted by atomic mass is 16.2. The number of nitrogens with two attached hydrogens (primary N) is 1. The van der Waals surface area contributed by atoms with Gasteiger partial charge >= 0.3 is 6.03 Å². The molecule has 2 aliphatic heterocycles. The van der Waals surface area contributed by atoms with E-state index in [9.17, 15) is 9.59 Å². The number of hydrogen-bond donors (Lipinski definition) is 2. The van der Waals surface area contributed by atoms with E-state index in [2.05, 4.69) is 19.2 Å². The smallest absolute Gasteiger partial charge is 0.317 e. The Labute approximate surface area is 120 Å². The van der Waals surface area contributed by atoms with Gasteiger partial charge in [0.05, 0.1) is 6.04 Å². The summed E-state index contributed by atoms with van der Waals surface area (Å²) in [6.45, 7) is 7.45. The van der Waals surface area contributed by atoms with Crippen molar-refractivity contribution in [3.8, 4) is 0 Å². The first-order valence-electron chi connectivity index (χ1n) is 7.53. The summed E-state index contributed by atoms with van der Waals surface area (Å²) >= 11 is 0. The van der Waals surface area contributed by atoms with E-state index in [0.29, 0.717) is 45.1 Å².